The van der Waals surface area contributed by atoms with Gasteiger partial charge in [0.25, 0.3) is 0 Å². The minimum Gasteiger partial charge on any atom is -0.230 e. The summed E-state index contributed by atoms with van der Waals surface area (Å²) in [7, 11) is 0. The third-order valence-corrected chi connectivity index (χ3v) is 3.27. The summed E-state index contributed by atoms with van der Waals surface area (Å²) in [5.74, 6) is 0. The Morgan fingerprint density at radius 3 is 1.72 bits per heavy atom. The molecule has 1 aromatic carbocycles. The van der Waals surface area contributed by atoms with Gasteiger partial charge in [0.1, 0.15) is 11.2 Å². The van der Waals surface area contributed by atoms with Crippen molar-refractivity contribution in [3.05, 3.63) is 35.4 Å². The summed E-state index contributed by atoms with van der Waals surface area (Å²) in [6, 6.07) is 8.31. The largest absolute Gasteiger partial charge is 0.230 e. The third kappa shape index (κ3) is 8.82. The first-order valence-corrected chi connectivity index (χ1v) is 8.93. The molecule has 0 radical (unpaired) electrons. The van der Waals surface area contributed by atoms with Crippen LogP contribution in [0.25, 0.3) is 0 Å². The van der Waals surface area contributed by atoms with Gasteiger partial charge >= 0.3 is 0 Å². The molecule has 0 aliphatic carbocycles. The fourth-order valence-electron chi connectivity index (χ4n) is 2.09. The van der Waals surface area contributed by atoms with E-state index in [2.05, 4.69) is 18.2 Å². The molecule has 1 rings (SSSR count). The molecule has 0 fully saturated rings. The normalized spacial score (nSPS) is 14.0. The van der Waals surface area contributed by atoms with Gasteiger partial charge in [0, 0.05) is 6.42 Å². The fourth-order valence-corrected chi connectivity index (χ4v) is 2.09. The molecule has 0 aromatic heterocycles. The smallest absolute Gasteiger partial charge is 0.123 e. The molecule has 0 atom stereocenters. The Bertz CT molecular complexity index is 548. The zero-order valence-electron chi connectivity index (χ0n) is 17.6. The zero-order valence-corrected chi connectivity index (χ0v) is 17.6. The van der Waals surface area contributed by atoms with E-state index in [1.807, 2.05) is 75.3 Å². The number of benzene rings is 1. The molecule has 0 saturated carbocycles. The molecular weight excluding hydrogens is 316 g/mol. The highest BCUT2D eigenvalue weighted by Gasteiger charge is 2.28. The van der Waals surface area contributed by atoms with Crippen LogP contribution in [0.3, 0.4) is 0 Å². The van der Waals surface area contributed by atoms with Crippen LogP contribution in [0.4, 0.5) is 0 Å². The average molecular weight is 353 g/mol. The Kier molecular flexibility index (Phi) is 6.85. The molecule has 0 aliphatic heterocycles. The molecule has 0 bridgehead atoms. The second-order valence-electron chi connectivity index (χ2n) is 9.71. The fraction of sp³-hybridized carbons (Fsp3) is 0.714. The number of hydrogen-bond acceptors (Lipinski definition) is 4. The van der Waals surface area contributed by atoms with Crippen LogP contribution in [0.2, 0.25) is 0 Å². The van der Waals surface area contributed by atoms with Crippen LogP contribution in [0.5, 0.6) is 0 Å². The monoisotopic (exact) mass is 352 g/mol. The van der Waals surface area contributed by atoms with Crippen molar-refractivity contribution in [1.82, 2.24) is 0 Å². The molecule has 4 heteroatoms. The van der Waals surface area contributed by atoms with E-state index in [4.69, 9.17) is 19.6 Å². The molecule has 25 heavy (non-hydrogen) atoms. The van der Waals surface area contributed by atoms with E-state index >= 15 is 0 Å². The van der Waals surface area contributed by atoms with Crippen LogP contribution in [0, 0.1) is 0 Å². The van der Waals surface area contributed by atoms with Gasteiger partial charge in [-0.05, 0) is 80.4 Å². The Morgan fingerprint density at radius 1 is 0.680 bits per heavy atom. The molecule has 0 saturated heterocycles. The topological polar surface area (TPSA) is 36.9 Å². The summed E-state index contributed by atoms with van der Waals surface area (Å²) < 4.78 is 0. The van der Waals surface area contributed by atoms with Crippen molar-refractivity contribution >= 4 is 0 Å². The van der Waals surface area contributed by atoms with Crippen molar-refractivity contribution in [3.63, 3.8) is 0 Å². The molecule has 0 heterocycles. The van der Waals surface area contributed by atoms with Gasteiger partial charge in [-0.2, -0.15) is 0 Å². The van der Waals surface area contributed by atoms with Gasteiger partial charge in [-0.3, -0.25) is 0 Å². The highest BCUT2D eigenvalue weighted by atomic mass is 17.2. The minimum atomic E-state index is -0.545. The lowest BCUT2D eigenvalue weighted by atomic mass is 9.92. The molecule has 0 aliphatic rings. The SMILES string of the molecule is CC(C)(C)OOC(C)(C)Cc1cccc(C(C)(C)OOC(C)(C)C)c1. The maximum absolute atomic E-state index is 5.70. The van der Waals surface area contributed by atoms with Crippen LogP contribution in [0.15, 0.2) is 24.3 Å². The Labute approximate surface area is 153 Å². The number of hydrogen-bond donors (Lipinski definition) is 0. The molecule has 4 nitrogen and oxygen atoms in total. The quantitative estimate of drug-likeness (QED) is 0.463. The predicted molar refractivity (Wildman–Crippen MR) is 101 cm³/mol. The van der Waals surface area contributed by atoms with E-state index in [-0.39, 0.29) is 11.2 Å². The first kappa shape index (κ1) is 22.1. The summed E-state index contributed by atoms with van der Waals surface area (Å²) in [6.07, 6.45) is 0.729. The zero-order chi connectivity index (χ0) is 19.5. The lowest BCUT2D eigenvalue weighted by Crippen LogP contribution is -2.33. The van der Waals surface area contributed by atoms with Crippen LogP contribution < -0.4 is 0 Å². The summed E-state index contributed by atoms with van der Waals surface area (Å²) in [5.41, 5.74) is 0.553. The van der Waals surface area contributed by atoms with Crippen molar-refractivity contribution in [1.29, 1.82) is 0 Å². The lowest BCUT2D eigenvalue weighted by molar-refractivity contribution is -0.401. The van der Waals surface area contributed by atoms with Crippen LogP contribution in [-0.4, -0.2) is 16.8 Å². The second-order valence-corrected chi connectivity index (χ2v) is 9.71. The van der Waals surface area contributed by atoms with Crippen molar-refractivity contribution in [2.45, 2.75) is 98.1 Å². The summed E-state index contributed by atoms with van der Waals surface area (Å²) in [5, 5.41) is 0. The highest BCUT2D eigenvalue weighted by molar-refractivity contribution is 5.28. The molecule has 1 aromatic rings. The maximum Gasteiger partial charge on any atom is 0.123 e. The van der Waals surface area contributed by atoms with E-state index in [1.165, 1.54) is 0 Å². The average Bonchev–Trinajstić information content (AvgIpc) is 2.42. The molecule has 0 unspecified atom stereocenters. The summed E-state index contributed by atoms with van der Waals surface area (Å²) >= 11 is 0. The van der Waals surface area contributed by atoms with E-state index < -0.39 is 11.2 Å². The van der Waals surface area contributed by atoms with Gasteiger partial charge in [-0.15, -0.1) is 0 Å². The summed E-state index contributed by atoms with van der Waals surface area (Å²) in [4.78, 5) is 22.4. The molecule has 0 N–H and O–H groups in total. The van der Waals surface area contributed by atoms with E-state index in [0.717, 1.165) is 17.5 Å². The van der Waals surface area contributed by atoms with Gasteiger partial charge in [0.15, 0.2) is 0 Å². The Hall–Kier alpha value is -0.940. The van der Waals surface area contributed by atoms with Crippen molar-refractivity contribution < 1.29 is 19.6 Å². The van der Waals surface area contributed by atoms with Crippen molar-refractivity contribution in [2.75, 3.05) is 0 Å². The Morgan fingerprint density at radius 2 is 1.20 bits per heavy atom. The third-order valence-electron chi connectivity index (χ3n) is 3.27. The van der Waals surface area contributed by atoms with Gasteiger partial charge in [-0.25, -0.2) is 19.6 Å². The Balaban J connectivity index is 2.83. The van der Waals surface area contributed by atoms with Crippen molar-refractivity contribution in [2.24, 2.45) is 0 Å². The first-order valence-electron chi connectivity index (χ1n) is 8.93. The van der Waals surface area contributed by atoms with Gasteiger partial charge in [0.05, 0.1) is 11.2 Å². The predicted octanol–water partition coefficient (Wildman–Crippen LogP) is 5.74. The van der Waals surface area contributed by atoms with E-state index in [0.29, 0.717) is 0 Å². The van der Waals surface area contributed by atoms with Crippen LogP contribution in [0.1, 0.15) is 80.4 Å². The molecule has 144 valence electrons. The van der Waals surface area contributed by atoms with Gasteiger partial charge in [0.2, 0.25) is 0 Å². The molecule has 0 spiro atoms. The van der Waals surface area contributed by atoms with E-state index in [1.54, 1.807) is 0 Å². The molecule has 0 amide bonds. The van der Waals surface area contributed by atoms with Crippen LogP contribution in [-0.2, 0) is 31.6 Å². The first-order chi connectivity index (χ1) is 11.1. The summed E-state index contributed by atoms with van der Waals surface area (Å²) in [6.45, 7) is 19.9. The lowest BCUT2D eigenvalue weighted by Gasteiger charge is -2.30. The van der Waals surface area contributed by atoms with Gasteiger partial charge < -0.3 is 0 Å². The maximum atomic E-state index is 5.70. The van der Waals surface area contributed by atoms with Crippen molar-refractivity contribution in [3.8, 4) is 0 Å². The van der Waals surface area contributed by atoms with Crippen LogP contribution >= 0.6 is 0 Å². The number of rotatable bonds is 7. The standard InChI is InChI=1S/C21H36O4/c1-18(2,3)22-24-20(7,8)15-16-12-11-13-17(14-16)21(9,10)25-23-19(4,5)6/h11-14H,15H2,1-10H3. The highest BCUT2D eigenvalue weighted by Crippen LogP contribution is 2.29. The molecular formula is C21H36O4. The van der Waals surface area contributed by atoms with E-state index in [9.17, 15) is 0 Å². The second kappa shape index (κ2) is 7.75. The van der Waals surface area contributed by atoms with Gasteiger partial charge in [-0.1, -0.05) is 24.3 Å². The minimum absolute atomic E-state index is 0.334.